The van der Waals surface area contributed by atoms with Crippen molar-refractivity contribution in [3.05, 3.63) is 56.0 Å². The van der Waals surface area contributed by atoms with Crippen LogP contribution in [0.2, 0.25) is 0 Å². The van der Waals surface area contributed by atoms with Crippen LogP contribution in [0, 0.1) is 0 Å². The van der Waals surface area contributed by atoms with Crippen LogP contribution < -0.4 is 0 Å². The van der Waals surface area contributed by atoms with E-state index in [1.807, 2.05) is 12.1 Å². The Morgan fingerprint density at radius 3 is 2.43 bits per heavy atom. The zero-order valence-electron chi connectivity index (χ0n) is 12.9. The number of benzene rings is 1. The van der Waals surface area contributed by atoms with Gasteiger partial charge in [-0.25, -0.2) is 0 Å². The van der Waals surface area contributed by atoms with Crippen LogP contribution in [0.5, 0.6) is 0 Å². The number of rotatable bonds is 7. The summed E-state index contributed by atoms with van der Waals surface area (Å²) in [6.45, 7) is 9.64. The molecule has 1 rings (SSSR count). The second-order valence-corrected chi connectivity index (χ2v) is 6.95. The Balaban J connectivity index is 3.09. The molecule has 0 fully saturated rings. The zero-order chi connectivity index (χ0) is 16.0. The van der Waals surface area contributed by atoms with Crippen LogP contribution in [0.4, 0.5) is 0 Å². The van der Waals surface area contributed by atoms with E-state index in [2.05, 4.69) is 58.4 Å². The fourth-order valence-electron chi connectivity index (χ4n) is 2.27. The lowest BCUT2D eigenvalue weighted by atomic mass is 9.95. The van der Waals surface area contributed by atoms with Gasteiger partial charge in [-0.05, 0) is 56.4 Å². The standard InChI is InChI=1S/C18H22Br2O/c1-5-7-15-10-16(13(4)21)14(11-18(15)20)9-8-12(3)17(19)6-2/h6,10-11H,2,5,7-9H2,1,3-4H3/b17-12-. The summed E-state index contributed by atoms with van der Waals surface area (Å²) in [5, 5.41) is 0. The lowest BCUT2D eigenvalue weighted by Crippen LogP contribution is -2.03. The van der Waals surface area contributed by atoms with Gasteiger partial charge in [0.25, 0.3) is 0 Å². The third-order valence-electron chi connectivity index (χ3n) is 3.53. The lowest BCUT2D eigenvalue weighted by Gasteiger charge is -2.12. The summed E-state index contributed by atoms with van der Waals surface area (Å²) in [5.74, 6) is 0.138. The number of carbonyl (C=O) groups excluding carboxylic acids is 1. The number of Topliss-reactive ketones (excluding diaryl/α,β-unsaturated/α-hetero) is 1. The van der Waals surface area contributed by atoms with Crippen molar-refractivity contribution in [2.24, 2.45) is 0 Å². The molecule has 0 amide bonds. The second-order valence-electron chi connectivity index (χ2n) is 5.24. The second kappa shape index (κ2) is 8.70. The predicted octanol–water partition coefficient (Wildman–Crippen LogP) is 6.39. The zero-order valence-corrected chi connectivity index (χ0v) is 16.1. The van der Waals surface area contributed by atoms with E-state index in [4.69, 9.17) is 0 Å². The van der Waals surface area contributed by atoms with Crippen LogP contribution in [0.15, 0.2) is 39.3 Å². The van der Waals surface area contributed by atoms with Crippen molar-refractivity contribution in [1.82, 2.24) is 0 Å². The maximum Gasteiger partial charge on any atom is 0.160 e. The molecule has 0 aromatic heterocycles. The first kappa shape index (κ1) is 18.4. The van der Waals surface area contributed by atoms with Crippen LogP contribution in [0.1, 0.15) is 55.1 Å². The Morgan fingerprint density at radius 1 is 1.24 bits per heavy atom. The predicted molar refractivity (Wildman–Crippen MR) is 98.3 cm³/mol. The molecule has 0 saturated carbocycles. The van der Waals surface area contributed by atoms with Crippen LogP contribution in [0.3, 0.4) is 0 Å². The van der Waals surface area contributed by atoms with E-state index in [9.17, 15) is 4.79 Å². The summed E-state index contributed by atoms with van der Waals surface area (Å²) >= 11 is 7.13. The minimum absolute atomic E-state index is 0.138. The highest BCUT2D eigenvalue weighted by Gasteiger charge is 2.12. The third kappa shape index (κ3) is 5.23. The van der Waals surface area contributed by atoms with Gasteiger partial charge in [0.2, 0.25) is 0 Å². The highest BCUT2D eigenvalue weighted by atomic mass is 79.9. The first-order valence-electron chi connectivity index (χ1n) is 7.20. The molecule has 0 saturated heterocycles. The lowest BCUT2D eigenvalue weighted by molar-refractivity contribution is 0.101. The monoisotopic (exact) mass is 412 g/mol. The number of hydrogen-bond acceptors (Lipinski definition) is 1. The largest absolute Gasteiger partial charge is 0.295 e. The molecular formula is C18H22Br2O. The summed E-state index contributed by atoms with van der Waals surface area (Å²) in [7, 11) is 0. The van der Waals surface area contributed by atoms with Gasteiger partial charge in [0.05, 0.1) is 0 Å². The Bertz CT molecular complexity index is 571. The van der Waals surface area contributed by atoms with Gasteiger partial charge < -0.3 is 0 Å². The van der Waals surface area contributed by atoms with Crippen molar-refractivity contribution in [2.45, 2.75) is 46.5 Å². The molecule has 1 aromatic carbocycles. The molecule has 0 heterocycles. The maximum atomic E-state index is 11.9. The SMILES string of the molecule is C=C/C(Br)=C(\C)CCc1cc(Br)c(CCC)cc1C(C)=O. The number of aryl methyl sites for hydroxylation is 2. The van der Waals surface area contributed by atoms with Crippen molar-refractivity contribution in [2.75, 3.05) is 0 Å². The minimum atomic E-state index is 0.138. The topological polar surface area (TPSA) is 17.1 Å². The van der Waals surface area contributed by atoms with Crippen molar-refractivity contribution in [1.29, 1.82) is 0 Å². The van der Waals surface area contributed by atoms with Gasteiger partial charge in [-0.15, -0.1) is 0 Å². The molecule has 0 unspecified atom stereocenters. The molecule has 114 valence electrons. The maximum absolute atomic E-state index is 11.9. The van der Waals surface area contributed by atoms with Crippen molar-refractivity contribution in [3.8, 4) is 0 Å². The van der Waals surface area contributed by atoms with E-state index in [0.29, 0.717) is 0 Å². The molecule has 21 heavy (non-hydrogen) atoms. The molecular weight excluding hydrogens is 392 g/mol. The average molecular weight is 414 g/mol. The smallest absolute Gasteiger partial charge is 0.160 e. The number of carbonyl (C=O) groups is 1. The number of halogens is 2. The van der Waals surface area contributed by atoms with E-state index in [1.165, 1.54) is 11.1 Å². The molecule has 0 bridgehead atoms. The van der Waals surface area contributed by atoms with Crippen LogP contribution in [-0.4, -0.2) is 5.78 Å². The average Bonchev–Trinajstić information content (AvgIpc) is 2.45. The first-order valence-corrected chi connectivity index (χ1v) is 8.79. The molecule has 1 nitrogen and oxygen atoms in total. The first-order chi connectivity index (χ1) is 9.90. The molecule has 0 N–H and O–H groups in total. The number of ketones is 1. The van der Waals surface area contributed by atoms with Gasteiger partial charge in [-0.2, -0.15) is 0 Å². The number of hydrogen-bond donors (Lipinski definition) is 0. The minimum Gasteiger partial charge on any atom is -0.295 e. The summed E-state index contributed by atoms with van der Waals surface area (Å²) in [6, 6.07) is 4.16. The molecule has 0 aliphatic rings. The highest BCUT2D eigenvalue weighted by molar-refractivity contribution is 9.12. The van der Waals surface area contributed by atoms with E-state index in [-0.39, 0.29) is 5.78 Å². The third-order valence-corrected chi connectivity index (χ3v) is 5.27. The molecule has 0 atom stereocenters. The summed E-state index contributed by atoms with van der Waals surface area (Å²) in [6.07, 6.45) is 5.63. The van der Waals surface area contributed by atoms with Gasteiger partial charge >= 0.3 is 0 Å². The fraction of sp³-hybridized carbons (Fsp3) is 0.389. The molecule has 1 aromatic rings. The fourth-order valence-corrected chi connectivity index (χ4v) is 3.06. The Hall–Kier alpha value is -0.670. The van der Waals surface area contributed by atoms with Gasteiger partial charge in [0.1, 0.15) is 0 Å². The Kier molecular flexibility index (Phi) is 7.61. The highest BCUT2D eigenvalue weighted by Crippen LogP contribution is 2.26. The summed E-state index contributed by atoms with van der Waals surface area (Å²) in [5.41, 5.74) is 4.42. The van der Waals surface area contributed by atoms with E-state index in [1.54, 1.807) is 6.92 Å². The van der Waals surface area contributed by atoms with Crippen molar-refractivity contribution in [3.63, 3.8) is 0 Å². The van der Waals surface area contributed by atoms with Gasteiger partial charge in [0, 0.05) is 14.5 Å². The van der Waals surface area contributed by atoms with Crippen LogP contribution in [-0.2, 0) is 12.8 Å². The van der Waals surface area contributed by atoms with Crippen molar-refractivity contribution >= 4 is 37.6 Å². The van der Waals surface area contributed by atoms with Gasteiger partial charge in [0.15, 0.2) is 5.78 Å². The normalized spacial score (nSPS) is 12.0. The van der Waals surface area contributed by atoms with Crippen molar-refractivity contribution < 1.29 is 4.79 Å². The van der Waals surface area contributed by atoms with Crippen LogP contribution >= 0.6 is 31.9 Å². The summed E-state index contributed by atoms with van der Waals surface area (Å²) < 4.78 is 2.14. The quantitative estimate of drug-likeness (QED) is 0.373. The molecule has 0 aliphatic heterocycles. The van der Waals surface area contributed by atoms with Crippen LogP contribution in [0.25, 0.3) is 0 Å². The molecule has 0 radical (unpaired) electrons. The Morgan fingerprint density at radius 2 is 1.90 bits per heavy atom. The molecule has 3 heteroatoms. The Labute approximate surface area is 144 Å². The van der Waals surface area contributed by atoms with E-state index in [0.717, 1.165) is 45.8 Å². The van der Waals surface area contributed by atoms with Gasteiger partial charge in [-0.3, -0.25) is 4.79 Å². The van der Waals surface area contributed by atoms with Gasteiger partial charge in [-0.1, -0.05) is 63.4 Å². The summed E-state index contributed by atoms with van der Waals surface area (Å²) in [4.78, 5) is 11.9. The molecule has 0 spiro atoms. The van der Waals surface area contributed by atoms with E-state index < -0.39 is 0 Å². The molecule has 0 aliphatic carbocycles. The number of allylic oxidation sites excluding steroid dienone is 3. The van der Waals surface area contributed by atoms with E-state index >= 15 is 0 Å².